The van der Waals surface area contributed by atoms with Crippen LogP contribution < -0.4 is 10.6 Å². The van der Waals surface area contributed by atoms with E-state index in [1.807, 2.05) is 38.8 Å². The molecule has 1 rings (SSSR count). The van der Waals surface area contributed by atoms with E-state index in [1.165, 1.54) is 6.07 Å². The molecule has 0 aliphatic carbocycles. The van der Waals surface area contributed by atoms with Crippen LogP contribution in [-0.2, 0) is 0 Å². The number of para-hydroxylation sites is 1. The van der Waals surface area contributed by atoms with Gasteiger partial charge in [0, 0.05) is 19.1 Å². The van der Waals surface area contributed by atoms with Gasteiger partial charge in [-0.05, 0) is 32.4 Å². The second-order valence-corrected chi connectivity index (χ2v) is 4.17. The second-order valence-electron chi connectivity index (χ2n) is 4.17. The normalized spacial score (nSPS) is 13.0. The van der Waals surface area contributed by atoms with Crippen LogP contribution in [0.1, 0.15) is 32.4 Å². The van der Waals surface area contributed by atoms with Gasteiger partial charge in [-0.15, -0.1) is 0 Å². The Morgan fingerprint density at radius 3 is 2.33 bits per heavy atom. The highest BCUT2D eigenvalue weighted by molar-refractivity contribution is 5.56. The van der Waals surface area contributed by atoms with Crippen LogP contribution in [0, 0.1) is 5.82 Å². The summed E-state index contributed by atoms with van der Waals surface area (Å²) in [5.74, 6) is -0.207. The van der Waals surface area contributed by atoms with E-state index in [1.54, 1.807) is 6.07 Å². The molecule has 2 nitrogen and oxygen atoms in total. The quantitative estimate of drug-likeness (QED) is 0.831. The van der Waals surface area contributed by atoms with Crippen molar-refractivity contribution in [3.05, 3.63) is 29.6 Å². The van der Waals surface area contributed by atoms with Crippen LogP contribution in [0.25, 0.3) is 0 Å². The fourth-order valence-electron chi connectivity index (χ4n) is 1.53. The highest BCUT2D eigenvalue weighted by Crippen LogP contribution is 2.28. The molecule has 1 atom stereocenters. The lowest BCUT2D eigenvalue weighted by Gasteiger charge is -2.27. The van der Waals surface area contributed by atoms with Crippen molar-refractivity contribution in [1.29, 1.82) is 0 Å². The number of nitrogens with two attached hydrogens (primary N) is 1. The fourth-order valence-corrected chi connectivity index (χ4v) is 1.53. The summed E-state index contributed by atoms with van der Waals surface area (Å²) in [6.45, 7) is 5.92. The van der Waals surface area contributed by atoms with Crippen LogP contribution >= 0.6 is 0 Å². The Morgan fingerprint density at radius 1 is 1.27 bits per heavy atom. The molecule has 1 aromatic carbocycles. The Morgan fingerprint density at radius 2 is 1.87 bits per heavy atom. The smallest absolute Gasteiger partial charge is 0.146 e. The highest BCUT2D eigenvalue weighted by atomic mass is 19.1. The van der Waals surface area contributed by atoms with Gasteiger partial charge in [-0.25, -0.2) is 4.39 Å². The maximum Gasteiger partial charge on any atom is 0.146 e. The molecule has 15 heavy (non-hydrogen) atoms. The van der Waals surface area contributed by atoms with Crippen molar-refractivity contribution in [1.82, 2.24) is 0 Å². The maximum absolute atomic E-state index is 13.7. The second kappa shape index (κ2) is 4.62. The third kappa shape index (κ3) is 2.48. The van der Waals surface area contributed by atoms with Gasteiger partial charge in [0.1, 0.15) is 5.82 Å². The zero-order valence-corrected chi connectivity index (χ0v) is 9.79. The van der Waals surface area contributed by atoms with Crippen LogP contribution in [0.2, 0.25) is 0 Å². The summed E-state index contributed by atoms with van der Waals surface area (Å²) in [5, 5.41) is 0. The highest BCUT2D eigenvalue weighted by Gasteiger charge is 2.16. The van der Waals surface area contributed by atoms with Crippen molar-refractivity contribution in [3.63, 3.8) is 0 Å². The van der Waals surface area contributed by atoms with E-state index < -0.39 is 0 Å². The van der Waals surface area contributed by atoms with Gasteiger partial charge in [0.2, 0.25) is 0 Å². The van der Waals surface area contributed by atoms with Crippen molar-refractivity contribution in [2.24, 2.45) is 5.73 Å². The van der Waals surface area contributed by atoms with E-state index in [2.05, 4.69) is 0 Å². The molecule has 0 bridgehead atoms. The molecule has 0 fully saturated rings. The topological polar surface area (TPSA) is 29.3 Å². The minimum Gasteiger partial charge on any atom is -0.370 e. The van der Waals surface area contributed by atoms with Gasteiger partial charge >= 0.3 is 0 Å². The van der Waals surface area contributed by atoms with Crippen LogP contribution in [-0.4, -0.2) is 13.1 Å². The molecular weight excluding hydrogens is 191 g/mol. The zero-order valence-electron chi connectivity index (χ0n) is 9.79. The van der Waals surface area contributed by atoms with Gasteiger partial charge in [0.25, 0.3) is 0 Å². The predicted molar refractivity (Wildman–Crippen MR) is 62.5 cm³/mol. The largest absolute Gasteiger partial charge is 0.370 e. The van der Waals surface area contributed by atoms with Crippen LogP contribution in [0.15, 0.2) is 18.2 Å². The molecule has 0 aliphatic rings. The van der Waals surface area contributed by atoms with Gasteiger partial charge in [-0.3, -0.25) is 0 Å². The summed E-state index contributed by atoms with van der Waals surface area (Å²) in [6.07, 6.45) is 0. The van der Waals surface area contributed by atoms with Gasteiger partial charge in [0.05, 0.1) is 5.69 Å². The van der Waals surface area contributed by atoms with Gasteiger partial charge in [-0.1, -0.05) is 12.1 Å². The van der Waals surface area contributed by atoms with Gasteiger partial charge in [-0.2, -0.15) is 0 Å². The van der Waals surface area contributed by atoms with Crippen molar-refractivity contribution in [2.75, 3.05) is 11.9 Å². The molecule has 0 aliphatic heterocycles. The summed E-state index contributed by atoms with van der Waals surface area (Å²) in [5.41, 5.74) is 7.29. The Bertz CT molecular complexity index is 334. The summed E-state index contributed by atoms with van der Waals surface area (Å²) in [4.78, 5) is 1.91. The Balaban J connectivity index is 3.24. The number of rotatable bonds is 3. The van der Waals surface area contributed by atoms with E-state index in [-0.39, 0.29) is 17.9 Å². The fraction of sp³-hybridized carbons (Fsp3) is 0.500. The minimum absolute atomic E-state index is 0.156. The first-order chi connectivity index (χ1) is 6.95. The molecule has 0 radical (unpaired) electrons. The molecule has 84 valence electrons. The van der Waals surface area contributed by atoms with Crippen molar-refractivity contribution in [3.8, 4) is 0 Å². The molecular formula is C12H19FN2. The van der Waals surface area contributed by atoms with E-state index in [0.29, 0.717) is 5.69 Å². The number of halogens is 1. The summed E-state index contributed by atoms with van der Waals surface area (Å²) in [6, 6.07) is 5.14. The van der Waals surface area contributed by atoms with Gasteiger partial charge < -0.3 is 10.6 Å². The molecule has 0 heterocycles. The zero-order chi connectivity index (χ0) is 11.6. The number of hydrogen-bond donors (Lipinski definition) is 1. The molecule has 0 aromatic heterocycles. The van der Waals surface area contributed by atoms with E-state index in [0.717, 1.165) is 5.56 Å². The third-order valence-corrected chi connectivity index (χ3v) is 2.64. The van der Waals surface area contributed by atoms with Gasteiger partial charge in [0.15, 0.2) is 0 Å². The number of hydrogen-bond acceptors (Lipinski definition) is 2. The van der Waals surface area contributed by atoms with Crippen molar-refractivity contribution in [2.45, 2.75) is 32.9 Å². The van der Waals surface area contributed by atoms with E-state index in [4.69, 9.17) is 5.73 Å². The standard InChI is InChI=1S/C12H19FN2/c1-8(2)15(4)12-10(9(3)14)6-5-7-11(12)13/h5-9H,14H2,1-4H3. The Labute approximate surface area is 90.9 Å². The van der Waals surface area contributed by atoms with Crippen molar-refractivity contribution >= 4 is 5.69 Å². The first-order valence-corrected chi connectivity index (χ1v) is 5.22. The van der Waals surface area contributed by atoms with Crippen molar-refractivity contribution < 1.29 is 4.39 Å². The molecule has 0 amide bonds. The molecule has 0 saturated carbocycles. The Hall–Kier alpha value is -1.09. The molecule has 1 aromatic rings. The number of benzene rings is 1. The average Bonchev–Trinajstić information content (AvgIpc) is 2.16. The minimum atomic E-state index is -0.207. The summed E-state index contributed by atoms with van der Waals surface area (Å²) < 4.78 is 13.7. The van der Waals surface area contributed by atoms with Crippen LogP contribution in [0.4, 0.5) is 10.1 Å². The summed E-state index contributed by atoms with van der Waals surface area (Å²) >= 11 is 0. The van der Waals surface area contributed by atoms with E-state index >= 15 is 0 Å². The molecule has 1 unspecified atom stereocenters. The number of anilines is 1. The lowest BCUT2D eigenvalue weighted by atomic mass is 10.0. The first kappa shape index (κ1) is 12.0. The molecule has 3 heteroatoms. The summed E-state index contributed by atoms with van der Waals surface area (Å²) in [7, 11) is 1.88. The first-order valence-electron chi connectivity index (χ1n) is 5.22. The lowest BCUT2D eigenvalue weighted by molar-refractivity contribution is 0.606. The monoisotopic (exact) mass is 210 g/mol. The lowest BCUT2D eigenvalue weighted by Crippen LogP contribution is -2.28. The van der Waals surface area contributed by atoms with E-state index in [9.17, 15) is 4.39 Å². The molecule has 0 saturated heterocycles. The third-order valence-electron chi connectivity index (χ3n) is 2.64. The SMILES string of the molecule is CC(N)c1cccc(F)c1N(C)C(C)C. The Kier molecular flexibility index (Phi) is 3.69. The maximum atomic E-state index is 13.7. The van der Waals surface area contributed by atoms with Crippen LogP contribution in [0.3, 0.4) is 0 Å². The van der Waals surface area contributed by atoms with Crippen LogP contribution in [0.5, 0.6) is 0 Å². The molecule has 2 N–H and O–H groups in total. The average molecular weight is 210 g/mol. The number of nitrogens with zero attached hydrogens (tertiary/aromatic N) is 1. The predicted octanol–water partition coefficient (Wildman–Crippen LogP) is 2.69. The molecule has 0 spiro atoms.